The molecule has 0 spiro atoms. The number of aromatic nitrogens is 6. The zero-order chi connectivity index (χ0) is 45.0. The molecular formula is C39H40N12O10S2. The number of aliphatic hydroxyl groups is 2. The molecule has 4 aromatic carbocycles. The molecule has 0 radical (unpaired) electrons. The number of anilines is 10. The minimum absolute atomic E-state index is 0.00297. The Kier molecular flexibility index (Phi) is 14.7. The van der Waals surface area contributed by atoms with Crippen LogP contribution in [0.1, 0.15) is 17.5 Å². The number of hydrogen-bond donors (Lipinski definition) is 10. The number of carbonyl (C=O) groups is 1. The minimum atomic E-state index is -4.91. The molecule has 0 bridgehead atoms. The van der Waals surface area contributed by atoms with E-state index in [-0.39, 0.29) is 97.5 Å². The predicted octanol–water partition coefficient (Wildman–Crippen LogP) is 4.37. The zero-order valence-corrected chi connectivity index (χ0v) is 34.5. The largest absolute Gasteiger partial charge is 0.481 e. The quantitative estimate of drug-likeness (QED) is 0.0354. The van der Waals surface area contributed by atoms with Gasteiger partial charge < -0.3 is 46.8 Å². The third-order valence-corrected chi connectivity index (χ3v) is 10.3. The van der Waals surface area contributed by atoms with Crippen molar-refractivity contribution in [2.24, 2.45) is 0 Å². The van der Waals surface area contributed by atoms with Crippen LogP contribution in [0.2, 0.25) is 0 Å². The van der Waals surface area contributed by atoms with Gasteiger partial charge in [0.05, 0.1) is 19.6 Å². The lowest BCUT2D eigenvalue weighted by Crippen LogP contribution is -2.31. The van der Waals surface area contributed by atoms with Crippen molar-refractivity contribution in [1.29, 1.82) is 0 Å². The van der Waals surface area contributed by atoms with E-state index in [9.17, 15) is 40.9 Å². The van der Waals surface area contributed by atoms with E-state index >= 15 is 0 Å². The Morgan fingerprint density at radius 3 is 1.35 bits per heavy atom. The van der Waals surface area contributed by atoms with Gasteiger partial charge in [-0.3, -0.25) is 13.9 Å². The molecule has 10 N–H and O–H groups in total. The van der Waals surface area contributed by atoms with Crippen molar-refractivity contribution in [1.82, 2.24) is 29.9 Å². The van der Waals surface area contributed by atoms with Crippen molar-refractivity contribution in [3.05, 3.63) is 108 Å². The Morgan fingerprint density at radius 2 is 0.952 bits per heavy atom. The number of carboxylic acids is 1. The Bertz CT molecular complexity index is 2800. The van der Waals surface area contributed by atoms with Gasteiger partial charge in [-0.05, 0) is 59.7 Å². The van der Waals surface area contributed by atoms with Gasteiger partial charge in [0.25, 0.3) is 20.2 Å². The summed E-state index contributed by atoms with van der Waals surface area (Å²) in [5, 5.41) is 42.9. The van der Waals surface area contributed by atoms with Crippen molar-refractivity contribution in [3.8, 4) is 0 Å². The highest BCUT2D eigenvalue weighted by Gasteiger charge is 2.20. The molecule has 0 unspecified atom stereocenters. The molecule has 2 aromatic heterocycles. The molecule has 0 aliphatic heterocycles. The Labute approximate surface area is 360 Å². The molecule has 0 fully saturated rings. The lowest BCUT2D eigenvalue weighted by Gasteiger charge is -2.21. The minimum Gasteiger partial charge on any atom is -0.481 e. The van der Waals surface area contributed by atoms with E-state index in [0.717, 1.165) is 12.1 Å². The molecular weight excluding hydrogens is 861 g/mol. The van der Waals surface area contributed by atoms with Gasteiger partial charge in [0, 0.05) is 42.4 Å². The summed E-state index contributed by atoms with van der Waals surface area (Å²) in [7, 11) is -9.82. The van der Waals surface area contributed by atoms with Gasteiger partial charge in [-0.2, -0.15) is 46.7 Å². The third-order valence-electron chi connectivity index (χ3n) is 8.50. The summed E-state index contributed by atoms with van der Waals surface area (Å²) in [6.07, 6.45) is 2.20. The lowest BCUT2D eigenvalue weighted by molar-refractivity contribution is -0.136. The molecule has 22 nitrogen and oxygen atoms in total. The first-order valence-corrected chi connectivity index (χ1v) is 21.6. The molecule has 6 aromatic rings. The van der Waals surface area contributed by atoms with Gasteiger partial charge in [0.1, 0.15) is 9.79 Å². The third kappa shape index (κ3) is 13.1. The highest BCUT2D eigenvalue weighted by molar-refractivity contribution is 7.86. The van der Waals surface area contributed by atoms with Gasteiger partial charge in [-0.25, -0.2) is 0 Å². The topological polar surface area (TPSA) is 327 Å². The van der Waals surface area contributed by atoms with Gasteiger partial charge in [-0.15, -0.1) is 0 Å². The van der Waals surface area contributed by atoms with Crippen LogP contribution in [0.5, 0.6) is 0 Å². The average molecular weight is 901 g/mol. The van der Waals surface area contributed by atoms with Gasteiger partial charge in [-0.1, -0.05) is 60.7 Å². The fourth-order valence-corrected chi connectivity index (χ4v) is 7.12. The maximum Gasteiger partial charge on any atom is 0.305 e. The van der Waals surface area contributed by atoms with Gasteiger partial charge >= 0.3 is 5.97 Å². The standard InChI is InChI=1S/C39H40N12O10S2/c52-21-19-51(20-22-53)39-49-37(42-28-9-5-2-6-10-28)48-38(50-39)44-30-16-14-26(32(24-30)63(59,60)61)12-11-25-13-15-29(23-31(25)62(56,57)58)43-36-46-34(40-18-17-33(54)55)45-35(47-36)41-27-7-3-1-4-8-27/h1-16,23-24,52-53H,17-22H2,(H,54,55)(H,56,57,58)(H,59,60,61)(H2,42,44,48,49,50)(H3,40,41,43,45,46,47)/b12-11+. The van der Waals surface area contributed by atoms with Crippen molar-refractivity contribution < 1.29 is 46.1 Å². The van der Waals surface area contributed by atoms with E-state index in [1.165, 1.54) is 41.3 Å². The second kappa shape index (κ2) is 20.5. The van der Waals surface area contributed by atoms with Crippen molar-refractivity contribution in [2.75, 3.05) is 64.3 Å². The van der Waals surface area contributed by atoms with Gasteiger partial charge in [0.2, 0.25) is 35.7 Å². The number of benzene rings is 4. The zero-order valence-electron chi connectivity index (χ0n) is 32.9. The normalized spacial score (nSPS) is 11.6. The number of carboxylic acid groups (broad SMARTS) is 1. The van der Waals surface area contributed by atoms with Crippen LogP contribution >= 0.6 is 0 Å². The number of hydrogen-bond acceptors (Lipinski definition) is 19. The molecule has 0 amide bonds. The molecule has 328 valence electrons. The summed E-state index contributed by atoms with van der Waals surface area (Å²) < 4.78 is 71.2. The SMILES string of the molecule is O=C(O)CCNc1nc(Nc2ccccc2)nc(Nc2ccc(/C=C/c3ccc(Nc4nc(Nc5ccccc5)nc(N(CCO)CCO)n4)cc3S(=O)(=O)O)c(S(=O)(=O)O)c2)n1. The summed E-state index contributed by atoms with van der Waals surface area (Å²) in [5.41, 5.74) is 1.32. The highest BCUT2D eigenvalue weighted by atomic mass is 32.2. The molecule has 6 rings (SSSR count). The van der Waals surface area contributed by atoms with Crippen LogP contribution in [0.25, 0.3) is 12.2 Å². The molecule has 24 heteroatoms. The van der Waals surface area contributed by atoms with Crippen molar-refractivity contribution in [2.45, 2.75) is 16.2 Å². The first kappa shape index (κ1) is 45.2. The molecule has 0 saturated carbocycles. The number of aliphatic hydroxyl groups excluding tert-OH is 2. The molecule has 0 aliphatic carbocycles. The van der Waals surface area contributed by atoms with Gasteiger partial charge in [0.15, 0.2) is 0 Å². The second-order valence-electron chi connectivity index (χ2n) is 13.1. The fraction of sp³-hybridized carbons (Fsp3) is 0.154. The number of para-hydroxylation sites is 2. The monoisotopic (exact) mass is 900 g/mol. The van der Waals surface area contributed by atoms with Crippen LogP contribution in [0, 0.1) is 0 Å². The summed E-state index contributed by atoms with van der Waals surface area (Å²) in [5.74, 6) is -0.979. The van der Waals surface area contributed by atoms with Crippen LogP contribution in [-0.4, -0.2) is 110 Å². The van der Waals surface area contributed by atoms with E-state index in [4.69, 9.17) is 5.11 Å². The summed E-state index contributed by atoms with van der Waals surface area (Å²) >= 11 is 0. The molecule has 2 heterocycles. The van der Waals surface area contributed by atoms with E-state index in [0.29, 0.717) is 11.4 Å². The number of nitrogens with one attached hydrogen (secondary N) is 5. The van der Waals surface area contributed by atoms with Crippen LogP contribution in [-0.2, 0) is 25.0 Å². The molecule has 0 saturated heterocycles. The van der Waals surface area contributed by atoms with Crippen molar-refractivity contribution >= 4 is 96.8 Å². The maximum atomic E-state index is 12.7. The van der Waals surface area contributed by atoms with E-state index in [1.807, 2.05) is 12.1 Å². The summed E-state index contributed by atoms with van der Waals surface area (Å²) in [4.78, 5) is 37.4. The second-order valence-corrected chi connectivity index (χ2v) is 15.9. The van der Waals surface area contributed by atoms with Crippen LogP contribution < -0.4 is 31.5 Å². The van der Waals surface area contributed by atoms with E-state index < -0.39 is 36.0 Å². The van der Waals surface area contributed by atoms with Crippen LogP contribution in [0.4, 0.5) is 58.4 Å². The first-order valence-electron chi connectivity index (χ1n) is 18.7. The van der Waals surface area contributed by atoms with Crippen LogP contribution in [0.15, 0.2) is 107 Å². The van der Waals surface area contributed by atoms with Crippen LogP contribution in [0.3, 0.4) is 0 Å². The Balaban J connectivity index is 1.29. The Hall–Kier alpha value is -7.35. The highest BCUT2D eigenvalue weighted by Crippen LogP contribution is 2.29. The first-order chi connectivity index (χ1) is 30.2. The maximum absolute atomic E-state index is 12.7. The Morgan fingerprint density at radius 1 is 0.556 bits per heavy atom. The lowest BCUT2D eigenvalue weighted by atomic mass is 10.1. The molecule has 63 heavy (non-hydrogen) atoms. The van der Waals surface area contributed by atoms with E-state index in [1.54, 1.807) is 48.5 Å². The number of nitrogens with zero attached hydrogens (tertiary/aromatic N) is 7. The van der Waals surface area contributed by atoms with E-state index in [2.05, 4.69) is 56.5 Å². The summed E-state index contributed by atoms with van der Waals surface area (Å²) in [6.45, 7) is -0.418. The summed E-state index contributed by atoms with van der Waals surface area (Å²) in [6, 6.07) is 25.5. The number of rotatable bonds is 21. The molecule has 0 aliphatic rings. The molecule has 0 atom stereocenters. The van der Waals surface area contributed by atoms with Crippen molar-refractivity contribution in [3.63, 3.8) is 0 Å². The average Bonchev–Trinajstić information content (AvgIpc) is 3.23. The predicted molar refractivity (Wildman–Crippen MR) is 234 cm³/mol. The number of aliphatic carboxylic acids is 1. The smallest absolute Gasteiger partial charge is 0.305 e. The fourth-order valence-electron chi connectivity index (χ4n) is 5.70.